The van der Waals surface area contributed by atoms with E-state index in [0.717, 1.165) is 10.5 Å². The number of thioether (sulfide) groups is 1. The molecular formula is C10H10Cl2OS. The largest absolute Gasteiger partial charge is 0.298 e. The van der Waals surface area contributed by atoms with Crippen LogP contribution in [0.2, 0.25) is 5.02 Å². The summed E-state index contributed by atoms with van der Waals surface area (Å²) >= 11 is 13.1. The molecule has 0 amide bonds. The van der Waals surface area contributed by atoms with Gasteiger partial charge < -0.3 is 0 Å². The van der Waals surface area contributed by atoms with E-state index in [0.29, 0.717) is 11.4 Å². The van der Waals surface area contributed by atoms with Gasteiger partial charge in [-0.15, -0.1) is 23.4 Å². The number of carbonyl (C=O) groups is 1. The Balaban J connectivity index is 2.92. The molecule has 1 aromatic carbocycles. The molecule has 0 saturated carbocycles. The van der Waals surface area contributed by atoms with Crippen LogP contribution in [0.25, 0.3) is 0 Å². The zero-order chi connectivity index (χ0) is 10.6. The van der Waals surface area contributed by atoms with E-state index >= 15 is 0 Å². The number of hydrogen-bond donors (Lipinski definition) is 0. The van der Waals surface area contributed by atoms with Crippen LogP contribution in [0, 0.1) is 0 Å². The normalized spacial score (nSPS) is 10.2. The molecule has 14 heavy (non-hydrogen) atoms. The van der Waals surface area contributed by atoms with Crippen LogP contribution in [0.5, 0.6) is 0 Å². The van der Waals surface area contributed by atoms with E-state index in [-0.39, 0.29) is 11.7 Å². The number of carbonyl (C=O) groups excluding carboxylic acids is 1. The number of ketones is 1. The van der Waals surface area contributed by atoms with Crippen LogP contribution >= 0.6 is 35.0 Å². The van der Waals surface area contributed by atoms with Crippen LogP contribution in [-0.2, 0) is 11.2 Å². The van der Waals surface area contributed by atoms with Crippen molar-refractivity contribution in [2.24, 2.45) is 0 Å². The van der Waals surface area contributed by atoms with Gasteiger partial charge in [0.15, 0.2) is 5.78 Å². The van der Waals surface area contributed by atoms with Crippen molar-refractivity contribution in [1.82, 2.24) is 0 Å². The summed E-state index contributed by atoms with van der Waals surface area (Å²) in [5.74, 6) is 0.0339. The zero-order valence-electron chi connectivity index (χ0n) is 7.72. The molecule has 0 saturated heterocycles. The first-order chi connectivity index (χ1) is 6.69. The van der Waals surface area contributed by atoms with Crippen molar-refractivity contribution in [3.8, 4) is 0 Å². The molecule has 1 aromatic rings. The van der Waals surface area contributed by atoms with Gasteiger partial charge in [-0.3, -0.25) is 4.79 Å². The average molecular weight is 249 g/mol. The summed E-state index contributed by atoms with van der Waals surface area (Å²) in [5, 5.41) is 0.665. The minimum absolute atomic E-state index is 0.00757. The Morgan fingerprint density at radius 3 is 2.79 bits per heavy atom. The second kappa shape index (κ2) is 5.64. The van der Waals surface area contributed by atoms with Crippen LogP contribution in [0.3, 0.4) is 0 Å². The fraction of sp³-hybridized carbons (Fsp3) is 0.300. The van der Waals surface area contributed by atoms with Gasteiger partial charge in [0, 0.05) is 11.3 Å². The molecule has 1 nitrogen and oxygen atoms in total. The maximum atomic E-state index is 11.1. The third-order valence-corrected chi connectivity index (χ3v) is 3.44. The topological polar surface area (TPSA) is 17.1 Å². The van der Waals surface area contributed by atoms with E-state index in [9.17, 15) is 4.79 Å². The van der Waals surface area contributed by atoms with Gasteiger partial charge in [-0.1, -0.05) is 23.7 Å². The highest BCUT2D eigenvalue weighted by Gasteiger charge is 2.08. The summed E-state index contributed by atoms with van der Waals surface area (Å²) in [6.45, 7) is 0. The smallest absolute Gasteiger partial charge is 0.152 e. The van der Waals surface area contributed by atoms with E-state index in [1.807, 2.05) is 24.5 Å². The summed E-state index contributed by atoms with van der Waals surface area (Å²) in [7, 11) is 0. The maximum absolute atomic E-state index is 11.1. The molecular weight excluding hydrogens is 239 g/mol. The third kappa shape index (κ3) is 2.91. The van der Waals surface area contributed by atoms with Crippen LogP contribution in [-0.4, -0.2) is 17.9 Å². The van der Waals surface area contributed by atoms with E-state index in [1.54, 1.807) is 11.8 Å². The fourth-order valence-corrected chi connectivity index (χ4v) is 2.15. The standard InChI is InChI=1S/C10H10Cl2OS/c1-14-9-4-2-3-7(10(9)12)5-8(13)6-11/h2-4H,5-6H2,1H3. The van der Waals surface area contributed by atoms with E-state index in [2.05, 4.69) is 0 Å². The minimum atomic E-state index is -0.00757. The highest BCUT2D eigenvalue weighted by molar-refractivity contribution is 7.98. The lowest BCUT2D eigenvalue weighted by Crippen LogP contribution is -2.04. The predicted octanol–water partition coefficient (Wildman–Crippen LogP) is 3.41. The monoisotopic (exact) mass is 248 g/mol. The lowest BCUT2D eigenvalue weighted by atomic mass is 10.1. The molecule has 0 unspecified atom stereocenters. The molecule has 0 bridgehead atoms. The predicted molar refractivity (Wildman–Crippen MR) is 62.7 cm³/mol. The molecule has 0 atom stereocenters. The second-order valence-electron chi connectivity index (χ2n) is 2.78. The van der Waals surface area contributed by atoms with Crippen molar-refractivity contribution < 1.29 is 4.79 Å². The van der Waals surface area contributed by atoms with Crippen LogP contribution in [0.4, 0.5) is 0 Å². The highest BCUT2D eigenvalue weighted by Crippen LogP contribution is 2.28. The molecule has 0 aliphatic carbocycles. The molecule has 0 aliphatic heterocycles. The Bertz CT molecular complexity index is 339. The minimum Gasteiger partial charge on any atom is -0.298 e. The highest BCUT2D eigenvalue weighted by atomic mass is 35.5. The Hall–Kier alpha value is -0.180. The zero-order valence-corrected chi connectivity index (χ0v) is 10.0. The Kier molecular flexibility index (Phi) is 4.79. The summed E-state index contributed by atoms with van der Waals surface area (Å²) in [6.07, 6.45) is 2.27. The molecule has 0 N–H and O–H groups in total. The molecule has 76 valence electrons. The van der Waals surface area contributed by atoms with Crippen LogP contribution in [0.1, 0.15) is 5.56 Å². The lowest BCUT2D eigenvalue weighted by molar-refractivity contribution is -0.116. The maximum Gasteiger partial charge on any atom is 0.152 e. The number of Topliss-reactive ketones (excluding diaryl/α,β-unsaturated/α-hetero) is 1. The quantitative estimate of drug-likeness (QED) is 0.600. The van der Waals surface area contributed by atoms with Crippen molar-refractivity contribution in [2.45, 2.75) is 11.3 Å². The van der Waals surface area contributed by atoms with E-state index in [1.165, 1.54) is 0 Å². The lowest BCUT2D eigenvalue weighted by Gasteiger charge is -2.05. The molecule has 0 aromatic heterocycles. The first-order valence-electron chi connectivity index (χ1n) is 4.08. The second-order valence-corrected chi connectivity index (χ2v) is 4.28. The number of hydrogen-bond acceptors (Lipinski definition) is 2. The van der Waals surface area contributed by atoms with Crippen molar-refractivity contribution in [1.29, 1.82) is 0 Å². The summed E-state index contributed by atoms with van der Waals surface area (Å²) in [6, 6.07) is 5.68. The van der Waals surface area contributed by atoms with Gasteiger partial charge >= 0.3 is 0 Å². The molecule has 0 spiro atoms. The van der Waals surface area contributed by atoms with Gasteiger partial charge in [0.2, 0.25) is 0 Å². The number of benzene rings is 1. The first-order valence-corrected chi connectivity index (χ1v) is 6.21. The van der Waals surface area contributed by atoms with Crippen molar-refractivity contribution in [3.63, 3.8) is 0 Å². The number of halogens is 2. The van der Waals surface area contributed by atoms with Gasteiger partial charge in [-0.25, -0.2) is 0 Å². The first kappa shape index (κ1) is 11.9. The Labute approximate surface area is 97.8 Å². The van der Waals surface area contributed by atoms with Gasteiger partial charge in [0.1, 0.15) is 0 Å². The van der Waals surface area contributed by atoms with Crippen LogP contribution < -0.4 is 0 Å². The summed E-state index contributed by atoms with van der Waals surface area (Å²) < 4.78 is 0. The fourth-order valence-electron chi connectivity index (χ4n) is 1.11. The Morgan fingerprint density at radius 2 is 2.21 bits per heavy atom. The van der Waals surface area contributed by atoms with Crippen molar-refractivity contribution in [2.75, 3.05) is 12.1 Å². The molecule has 0 fully saturated rings. The number of alkyl halides is 1. The molecule has 0 radical (unpaired) electrons. The molecule has 1 rings (SSSR count). The summed E-state index contributed by atoms with van der Waals surface area (Å²) in [4.78, 5) is 12.1. The van der Waals surface area contributed by atoms with E-state index < -0.39 is 0 Å². The van der Waals surface area contributed by atoms with Gasteiger partial charge in [0.25, 0.3) is 0 Å². The van der Waals surface area contributed by atoms with Gasteiger partial charge in [-0.05, 0) is 17.9 Å². The van der Waals surface area contributed by atoms with Gasteiger partial charge in [-0.2, -0.15) is 0 Å². The molecule has 0 heterocycles. The van der Waals surface area contributed by atoms with Crippen molar-refractivity contribution >= 4 is 40.7 Å². The van der Waals surface area contributed by atoms with Crippen LogP contribution in [0.15, 0.2) is 23.1 Å². The van der Waals surface area contributed by atoms with Crippen molar-refractivity contribution in [3.05, 3.63) is 28.8 Å². The Morgan fingerprint density at radius 1 is 1.50 bits per heavy atom. The molecule has 0 aliphatic rings. The van der Waals surface area contributed by atoms with Gasteiger partial charge in [0.05, 0.1) is 10.9 Å². The van der Waals surface area contributed by atoms with E-state index in [4.69, 9.17) is 23.2 Å². The SMILES string of the molecule is CSc1cccc(CC(=O)CCl)c1Cl. The third-order valence-electron chi connectivity index (χ3n) is 1.80. The summed E-state index contributed by atoms with van der Waals surface area (Å²) in [5.41, 5.74) is 0.851. The molecule has 4 heteroatoms. The average Bonchev–Trinajstić information content (AvgIpc) is 2.21. The number of rotatable bonds is 4.